The van der Waals surface area contributed by atoms with Crippen LogP contribution >= 0.6 is 0 Å². The Balaban J connectivity index is 1.30. The summed E-state index contributed by atoms with van der Waals surface area (Å²) in [5.74, 6) is -1.44. The molecular weight excluding hydrogens is 483 g/mol. The maximum absolute atomic E-state index is 13.2. The van der Waals surface area contributed by atoms with Gasteiger partial charge in [-0.2, -0.15) is 0 Å². The summed E-state index contributed by atoms with van der Waals surface area (Å²) < 4.78 is 40.8. The molecule has 4 rings (SSSR count). The first-order valence-corrected chi connectivity index (χ1v) is 12.1. The normalized spacial score (nSPS) is 17.3. The standard InChI is InChI=1S/C28H28F3N3O3/c1-34(18-20-5-9-21(10-6-20)22-13-15-32-16-14-22)27(36)25-4-2-3-24(25)26(35)33-17-19-7-11-23(12-8-19)37-28(29,30)31/h5-16,24-25H,2-4,17-18H2,1H3,(H,33,35). The number of alkyl halides is 3. The van der Waals surface area contributed by atoms with E-state index in [1.54, 1.807) is 24.3 Å². The summed E-state index contributed by atoms with van der Waals surface area (Å²) >= 11 is 0. The van der Waals surface area contributed by atoms with Crippen molar-refractivity contribution in [3.05, 3.63) is 84.2 Å². The van der Waals surface area contributed by atoms with Gasteiger partial charge in [-0.05, 0) is 59.4 Å². The van der Waals surface area contributed by atoms with E-state index in [2.05, 4.69) is 15.0 Å². The van der Waals surface area contributed by atoms with Crippen molar-refractivity contribution in [1.82, 2.24) is 15.2 Å². The molecule has 0 bridgehead atoms. The SMILES string of the molecule is CN(Cc1ccc(-c2ccncc2)cc1)C(=O)C1CCCC1C(=O)NCc1ccc(OC(F)(F)F)cc1. The highest BCUT2D eigenvalue weighted by atomic mass is 19.4. The molecule has 2 amide bonds. The van der Waals surface area contributed by atoms with E-state index in [0.717, 1.165) is 23.1 Å². The molecule has 2 unspecified atom stereocenters. The fraction of sp³-hybridized carbons (Fsp3) is 0.321. The number of rotatable bonds is 8. The van der Waals surface area contributed by atoms with Gasteiger partial charge in [0.1, 0.15) is 5.75 Å². The van der Waals surface area contributed by atoms with Gasteiger partial charge in [-0.1, -0.05) is 42.8 Å². The van der Waals surface area contributed by atoms with Gasteiger partial charge in [-0.25, -0.2) is 0 Å². The highest BCUT2D eigenvalue weighted by Gasteiger charge is 2.39. The van der Waals surface area contributed by atoms with Crippen LogP contribution in [0.2, 0.25) is 0 Å². The summed E-state index contributed by atoms with van der Waals surface area (Å²) in [5.41, 5.74) is 3.76. The molecule has 9 heteroatoms. The summed E-state index contributed by atoms with van der Waals surface area (Å²) in [4.78, 5) is 31.8. The quantitative estimate of drug-likeness (QED) is 0.443. The number of nitrogens with zero attached hydrogens (tertiary/aromatic N) is 2. The van der Waals surface area contributed by atoms with Crippen molar-refractivity contribution in [1.29, 1.82) is 0 Å². The third-order valence-corrected chi connectivity index (χ3v) is 6.56. The van der Waals surface area contributed by atoms with E-state index in [1.165, 1.54) is 24.3 Å². The first-order chi connectivity index (χ1) is 17.7. The lowest BCUT2D eigenvalue weighted by molar-refractivity contribution is -0.274. The largest absolute Gasteiger partial charge is 0.573 e. The third-order valence-electron chi connectivity index (χ3n) is 6.56. The maximum atomic E-state index is 13.2. The highest BCUT2D eigenvalue weighted by Crippen LogP contribution is 2.34. The number of pyridine rings is 1. The van der Waals surface area contributed by atoms with E-state index in [9.17, 15) is 22.8 Å². The van der Waals surface area contributed by atoms with Crippen molar-refractivity contribution in [2.45, 2.75) is 38.7 Å². The molecule has 1 aliphatic rings. The lowest BCUT2D eigenvalue weighted by atomic mass is 9.93. The predicted molar refractivity (Wildman–Crippen MR) is 132 cm³/mol. The van der Waals surface area contributed by atoms with Gasteiger partial charge in [-0.15, -0.1) is 13.2 Å². The monoisotopic (exact) mass is 511 g/mol. The van der Waals surface area contributed by atoms with E-state index < -0.39 is 18.2 Å². The van der Waals surface area contributed by atoms with E-state index in [-0.39, 0.29) is 24.1 Å². The van der Waals surface area contributed by atoms with Crippen molar-refractivity contribution in [3.63, 3.8) is 0 Å². The molecule has 1 N–H and O–H groups in total. The molecule has 0 radical (unpaired) electrons. The molecule has 194 valence electrons. The number of hydrogen-bond donors (Lipinski definition) is 1. The van der Waals surface area contributed by atoms with E-state index >= 15 is 0 Å². The highest BCUT2D eigenvalue weighted by molar-refractivity contribution is 5.88. The summed E-state index contributed by atoms with van der Waals surface area (Å²) in [6, 6.07) is 17.2. The lowest BCUT2D eigenvalue weighted by Crippen LogP contribution is -2.40. The number of hydrogen-bond acceptors (Lipinski definition) is 4. The van der Waals surface area contributed by atoms with Crippen LogP contribution in [0, 0.1) is 11.8 Å². The number of carbonyl (C=O) groups is 2. The molecule has 1 saturated carbocycles. The Morgan fingerprint density at radius 3 is 2.16 bits per heavy atom. The Kier molecular flexibility index (Phi) is 8.11. The second-order valence-corrected chi connectivity index (χ2v) is 9.18. The molecule has 0 aliphatic heterocycles. The van der Waals surface area contributed by atoms with Crippen LogP contribution in [0.15, 0.2) is 73.1 Å². The Bertz CT molecular complexity index is 1200. The van der Waals surface area contributed by atoms with Crippen LogP contribution < -0.4 is 10.1 Å². The second kappa shape index (κ2) is 11.5. The minimum absolute atomic E-state index is 0.0653. The van der Waals surface area contributed by atoms with Crippen molar-refractivity contribution in [2.24, 2.45) is 11.8 Å². The number of carbonyl (C=O) groups excluding carboxylic acids is 2. The molecule has 1 aromatic heterocycles. The topological polar surface area (TPSA) is 71.5 Å². The molecular formula is C28H28F3N3O3. The Hall–Kier alpha value is -3.88. The van der Waals surface area contributed by atoms with Crippen molar-refractivity contribution < 1.29 is 27.5 Å². The lowest BCUT2D eigenvalue weighted by Gasteiger charge is -2.25. The molecule has 3 aromatic rings. The van der Waals surface area contributed by atoms with Gasteiger partial charge in [-0.3, -0.25) is 14.6 Å². The number of nitrogens with one attached hydrogen (secondary N) is 1. The first-order valence-electron chi connectivity index (χ1n) is 12.1. The molecule has 0 saturated heterocycles. The van der Waals surface area contributed by atoms with Crippen LogP contribution in [0.3, 0.4) is 0 Å². The zero-order chi connectivity index (χ0) is 26.4. The molecule has 2 atom stereocenters. The number of halogens is 3. The zero-order valence-corrected chi connectivity index (χ0v) is 20.4. The summed E-state index contributed by atoms with van der Waals surface area (Å²) in [6.45, 7) is 0.592. The molecule has 6 nitrogen and oxygen atoms in total. The van der Waals surface area contributed by atoms with Gasteiger partial charge in [0, 0.05) is 44.4 Å². The van der Waals surface area contributed by atoms with Crippen LogP contribution in [0.1, 0.15) is 30.4 Å². The average molecular weight is 512 g/mol. The first kappa shape index (κ1) is 26.2. The van der Waals surface area contributed by atoms with Crippen LogP contribution in [-0.2, 0) is 22.7 Å². The minimum Gasteiger partial charge on any atom is -0.406 e. The zero-order valence-electron chi connectivity index (χ0n) is 20.4. The van der Waals surface area contributed by atoms with Crippen LogP contribution in [-0.4, -0.2) is 35.1 Å². The molecule has 1 aliphatic carbocycles. The van der Waals surface area contributed by atoms with Gasteiger partial charge in [0.05, 0.1) is 0 Å². The molecule has 1 fully saturated rings. The Labute approximate surface area is 213 Å². The third kappa shape index (κ3) is 7.09. The van der Waals surface area contributed by atoms with Crippen molar-refractivity contribution in [3.8, 4) is 16.9 Å². The van der Waals surface area contributed by atoms with Crippen LogP contribution in [0.5, 0.6) is 5.75 Å². The summed E-state index contributed by atoms with van der Waals surface area (Å²) in [6.07, 6.45) is 0.782. The Morgan fingerprint density at radius 2 is 1.51 bits per heavy atom. The van der Waals surface area contributed by atoms with E-state index in [0.29, 0.717) is 24.9 Å². The summed E-state index contributed by atoms with van der Waals surface area (Å²) in [5, 5.41) is 2.83. The second-order valence-electron chi connectivity index (χ2n) is 9.18. The fourth-order valence-corrected chi connectivity index (χ4v) is 4.68. The molecule has 1 heterocycles. The van der Waals surface area contributed by atoms with Gasteiger partial charge in [0.25, 0.3) is 0 Å². The smallest absolute Gasteiger partial charge is 0.406 e. The van der Waals surface area contributed by atoms with Gasteiger partial charge in [0.15, 0.2) is 0 Å². The fourth-order valence-electron chi connectivity index (χ4n) is 4.68. The average Bonchev–Trinajstić information content (AvgIpc) is 3.38. The van der Waals surface area contributed by atoms with E-state index in [4.69, 9.17) is 0 Å². The van der Waals surface area contributed by atoms with Crippen molar-refractivity contribution >= 4 is 11.8 Å². The van der Waals surface area contributed by atoms with Crippen LogP contribution in [0.25, 0.3) is 11.1 Å². The van der Waals surface area contributed by atoms with Gasteiger partial charge >= 0.3 is 6.36 Å². The molecule has 2 aromatic carbocycles. The number of benzene rings is 2. The van der Waals surface area contributed by atoms with Crippen molar-refractivity contribution in [2.75, 3.05) is 7.05 Å². The molecule has 0 spiro atoms. The Morgan fingerprint density at radius 1 is 0.919 bits per heavy atom. The predicted octanol–water partition coefficient (Wildman–Crippen LogP) is 5.34. The summed E-state index contributed by atoms with van der Waals surface area (Å²) in [7, 11) is 1.75. The number of amides is 2. The number of ether oxygens (including phenoxy) is 1. The van der Waals surface area contributed by atoms with Crippen LogP contribution in [0.4, 0.5) is 13.2 Å². The van der Waals surface area contributed by atoms with Gasteiger partial charge < -0.3 is 15.0 Å². The van der Waals surface area contributed by atoms with E-state index in [1.807, 2.05) is 36.4 Å². The maximum Gasteiger partial charge on any atom is 0.573 e. The molecule has 37 heavy (non-hydrogen) atoms. The van der Waals surface area contributed by atoms with Gasteiger partial charge in [0.2, 0.25) is 11.8 Å². The minimum atomic E-state index is -4.75. The number of aromatic nitrogens is 1.